The lowest BCUT2D eigenvalue weighted by Crippen LogP contribution is -1.93. The third-order valence-electron chi connectivity index (χ3n) is 0.591. The Balaban J connectivity index is 0. The molecule has 0 fully saturated rings. The summed E-state index contributed by atoms with van der Waals surface area (Å²) in [5, 5.41) is 8.36. The van der Waals surface area contributed by atoms with Gasteiger partial charge < -0.3 is 5.11 Å². The highest BCUT2D eigenvalue weighted by molar-refractivity contribution is 4.34. The SMILES string of the molecule is CCC(C)O.[HH]. The molecule has 0 bridgehead atoms. The lowest BCUT2D eigenvalue weighted by molar-refractivity contribution is 0.191. The maximum absolute atomic E-state index is 8.36. The fraction of sp³-hybridized carbons (Fsp3) is 1.00. The molecule has 1 atom stereocenters. The Labute approximate surface area is 34.1 Å². The fourth-order valence-electron chi connectivity index (χ4n) is 0. The topological polar surface area (TPSA) is 20.2 Å². The van der Waals surface area contributed by atoms with E-state index in [9.17, 15) is 0 Å². The van der Waals surface area contributed by atoms with Crippen LogP contribution in [-0.2, 0) is 0 Å². The molecule has 0 rings (SSSR count). The molecule has 0 aliphatic heterocycles. The second-order valence-corrected chi connectivity index (χ2v) is 1.26. The molecule has 1 unspecified atom stereocenters. The van der Waals surface area contributed by atoms with E-state index in [4.69, 9.17) is 5.11 Å². The van der Waals surface area contributed by atoms with E-state index in [-0.39, 0.29) is 7.53 Å². The largest absolute Gasteiger partial charge is 0.393 e. The summed E-state index contributed by atoms with van der Waals surface area (Å²) in [6.45, 7) is 3.73. The van der Waals surface area contributed by atoms with E-state index in [1.807, 2.05) is 6.92 Å². The zero-order valence-corrected chi connectivity index (χ0v) is 3.73. The first-order valence-corrected chi connectivity index (χ1v) is 1.95. The van der Waals surface area contributed by atoms with Crippen molar-refractivity contribution in [1.82, 2.24) is 0 Å². The summed E-state index contributed by atoms with van der Waals surface area (Å²) < 4.78 is 0. The molecule has 0 aliphatic rings. The molecular weight excluding hydrogens is 64.0 g/mol. The summed E-state index contributed by atoms with van der Waals surface area (Å²) in [6, 6.07) is 0. The summed E-state index contributed by atoms with van der Waals surface area (Å²) in [7, 11) is 0. The molecule has 0 aliphatic carbocycles. The Hall–Kier alpha value is -0.0400. The maximum atomic E-state index is 8.36. The normalized spacial score (nSPS) is 15.0. The van der Waals surface area contributed by atoms with E-state index in [1.165, 1.54) is 0 Å². The average Bonchev–Trinajstić information content (AvgIpc) is 1.38. The van der Waals surface area contributed by atoms with Crippen LogP contribution >= 0.6 is 0 Å². The first-order chi connectivity index (χ1) is 2.27. The molecule has 0 heterocycles. The number of hydrogen-bond donors (Lipinski definition) is 1. The van der Waals surface area contributed by atoms with Gasteiger partial charge in [-0.15, -0.1) is 0 Å². The first kappa shape index (κ1) is 4.96. The number of aliphatic hydroxyl groups excluding tert-OH is 1. The van der Waals surface area contributed by atoms with Gasteiger partial charge in [0.05, 0.1) is 6.10 Å². The fourth-order valence-corrected chi connectivity index (χ4v) is 0. The zero-order valence-electron chi connectivity index (χ0n) is 3.73. The third-order valence-corrected chi connectivity index (χ3v) is 0.591. The molecule has 0 radical (unpaired) electrons. The van der Waals surface area contributed by atoms with Crippen LogP contribution in [0.2, 0.25) is 0 Å². The van der Waals surface area contributed by atoms with Gasteiger partial charge in [-0.1, -0.05) is 6.92 Å². The Bertz CT molecular complexity index is 21.5. The highest BCUT2D eigenvalue weighted by Gasteiger charge is 1.81. The second-order valence-electron chi connectivity index (χ2n) is 1.26. The van der Waals surface area contributed by atoms with Gasteiger partial charge in [0.1, 0.15) is 0 Å². The van der Waals surface area contributed by atoms with Crippen molar-refractivity contribution in [2.24, 2.45) is 0 Å². The highest BCUT2D eigenvalue weighted by Crippen LogP contribution is 1.81. The zero-order chi connectivity index (χ0) is 4.28. The van der Waals surface area contributed by atoms with Crippen molar-refractivity contribution < 1.29 is 6.53 Å². The molecular formula is C4H12O. The number of hydrogen-bond acceptors (Lipinski definition) is 1. The van der Waals surface area contributed by atoms with Crippen molar-refractivity contribution >= 4 is 0 Å². The summed E-state index contributed by atoms with van der Waals surface area (Å²) >= 11 is 0. The molecule has 1 nitrogen and oxygen atoms in total. The van der Waals surface area contributed by atoms with Gasteiger partial charge in [0.25, 0.3) is 0 Å². The molecule has 0 aromatic carbocycles. The van der Waals surface area contributed by atoms with Crippen molar-refractivity contribution in [2.45, 2.75) is 26.4 Å². The summed E-state index contributed by atoms with van der Waals surface area (Å²) in [5.74, 6) is 0. The number of rotatable bonds is 1. The van der Waals surface area contributed by atoms with Crippen molar-refractivity contribution in [3.63, 3.8) is 0 Å². The van der Waals surface area contributed by atoms with Crippen LogP contribution in [0.1, 0.15) is 21.7 Å². The Morgan fingerprint density at radius 3 is 2.20 bits per heavy atom. The molecule has 0 amide bonds. The van der Waals surface area contributed by atoms with Crippen LogP contribution < -0.4 is 0 Å². The van der Waals surface area contributed by atoms with Crippen molar-refractivity contribution in [1.29, 1.82) is 0 Å². The molecule has 0 saturated heterocycles. The van der Waals surface area contributed by atoms with Crippen molar-refractivity contribution in [3.05, 3.63) is 0 Å². The van der Waals surface area contributed by atoms with E-state index in [0.717, 1.165) is 6.42 Å². The molecule has 5 heavy (non-hydrogen) atoms. The third kappa shape index (κ3) is 3.96. The average molecular weight is 76.1 g/mol. The van der Waals surface area contributed by atoms with Gasteiger partial charge in [-0.05, 0) is 13.3 Å². The predicted octanol–water partition coefficient (Wildman–Crippen LogP) is 1.02. The van der Waals surface area contributed by atoms with E-state index in [0.29, 0.717) is 0 Å². The number of aliphatic hydroxyl groups is 1. The van der Waals surface area contributed by atoms with Gasteiger partial charge in [-0.2, -0.15) is 0 Å². The molecule has 34 valence electrons. The summed E-state index contributed by atoms with van der Waals surface area (Å²) in [6.07, 6.45) is 0.745. The van der Waals surface area contributed by atoms with E-state index in [1.54, 1.807) is 6.92 Å². The Morgan fingerprint density at radius 2 is 2.20 bits per heavy atom. The minimum absolute atomic E-state index is 0. The van der Waals surface area contributed by atoms with Crippen LogP contribution in [0.5, 0.6) is 0 Å². The van der Waals surface area contributed by atoms with Gasteiger partial charge in [-0.3, -0.25) is 0 Å². The van der Waals surface area contributed by atoms with Crippen LogP contribution in [0.25, 0.3) is 0 Å². The molecule has 0 aromatic heterocycles. The van der Waals surface area contributed by atoms with E-state index in [2.05, 4.69) is 0 Å². The molecule has 0 aromatic rings. The lowest BCUT2D eigenvalue weighted by atomic mass is 10.3. The van der Waals surface area contributed by atoms with Gasteiger partial charge in [0, 0.05) is 1.43 Å². The quantitative estimate of drug-likeness (QED) is 0.494. The van der Waals surface area contributed by atoms with Crippen molar-refractivity contribution in [3.8, 4) is 0 Å². The van der Waals surface area contributed by atoms with Gasteiger partial charge >= 0.3 is 0 Å². The second kappa shape index (κ2) is 2.21. The minimum Gasteiger partial charge on any atom is -0.393 e. The van der Waals surface area contributed by atoms with Crippen LogP contribution in [0.3, 0.4) is 0 Å². The monoisotopic (exact) mass is 76.1 g/mol. The summed E-state index contributed by atoms with van der Waals surface area (Å²) in [4.78, 5) is 0. The van der Waals surface area contributed by atoms with Crippen LogP contribution in [-0.4, -0.2) is 11.2 Å². The van der Waals surface area contributed by atoms with Gasteiger partial charge in [-0.25, -0.2) is 0 Å². The summed E-state index contributed by atoms with van der Waals surface area (Å²) in [5.41, 5.74) is 0. The minimum atomic E-state index is -0.116. The van der Waals surface area contributed by atoms with Crippen molar-refractivity contribution in [2.75, 3.05) is 0 Å². The molecule has 0 spiro atoms. The van der Waals surface area contributed by atoms with E-state index < -0.39 is 0 Å². The molecule has 0 saturated carbocycles. The first-order valence-electron chi connectivity index (χ1n) is 1.95. The predicted molar refractivity (Wildman–Crippen MR) is 24.1 cm³/mol. The molecule has 1 heteroatoms. The van der Waals surface area contributed by atoms with Gasteiger partial charge in [0.2, 0.25) is 0 Å². The highest BCUT2D eigenvalue weighted by atomic mass is 16.3. The maximum Gasteiger partial charge on any atom is 0.0509 e. The Morgan fingerprint density at radius 1 is 2.00 bits per heavy atom. The molecule has 1 N–H and O–H groups in total. The Kier molecular flexibility index (Phi) is 2.19. The lowest BCUT2D eigenvalue weighted by Gasteiger charge is -1.90. The smallest absolute Gasteiger partial charge is 0.0509 e. The van der Waals surface area contributed by atoms with Crippen LogP contribution in [0.15, 0.2) is 0 Å². The van der Waals surface area contributed by atoms with E-state index >= 15 is 0 Å². The van der Waals surface area contributed by atoms with Crippen LogP contribution in [0, 0.1) is 0 Å². The van der Waals surface area contributed by atoms with Crippen LogP contribution in [0.4, 0.5) is 0 Å². The van der Waals surface area contributed by atoms with Gasteiger partial charge in [0.15, 0.2) is 0 Å². The standard InChI is InChI=1S/C4H10O.H2/c1-3-4(2)5;/h4-5H,3H2,1-2H3;1H.